The summed E-state index contributed by atoms with van der Waals surface area (Å²) in [6.45, 7) is 6.27. The van der Waals surface area contributed by atoms with Gasteiger partial charge in [-0.3, -0.25) is 13.9 Å². The van der Waals surface area contributed by atoms with Gasteiger partial charge in [-0.25, -0.2) is 8.42 Å². The van der Waals surface area contributed by atoms with Crippen molar-refractivity contribution in [1.82, 2.24) is 10.2 Å². The molecular formula is C25H34BrN3O4S. The smallest absolute Gasteiger partial charge is 0.244 e. The highest BCUT2D eigenvalue weighted by Crippen LogP contribution is 2.23. The minimum atomic E-state index is -3.74. The van der Waals surface area contributed by atoms with E-state index in [1.54, 1.807) is 24.3 Å². The quantitative estimate of drug-likeness (QED) is 0.434. The van der Waals surface area contributed by atoms with Crippen LogP contribution < -0.4 is 9.62 Å². The Bertz CT molecular complexity index is 1060. The summed E-state index contributed by atoms with van der Waals surface area (Å²) in [5.41, 5.74) is 1.41. The Morgan fingerprint density at radius 3 is 2.29 bits per heavy atom. The first-order valence-electron chi connectivity index (χ1n) is 11.4. The summed E-state index contributed by atoms with van der Waals surface area (Å²) < 4.78 is 27.0. The van der Waals surface area contributed by atoms with Crippen molar-refractivity contribution in [1.29, 1.82) is 0 Å². The second kappa shape index (κ2) is 12.9. The van der Waals surface area contributed by atoms with E-state index >= 15 is 0 Å². The van der Waals surface area contributed by atoms with E-state index < -0.39 is 28.5 Å². The van der Waals surface area contributed by atoms with Gasteiger partial charge in [0, 0.05) is 17.6 Å². The summed E-state index contributed by atoms with van der Waals surface area (Å²) in [7, 11) is -3.74. The lowest BCUT2D eigenvalue weighted by molar-refractivity contribution is -0.139. The zero-order valence-corrected chi connectivity index (χ0v) is 22.6. The molecule has 0 unspecified atom stereocenters. The highest BCUT2D eigenvalue weighted by Gasteiger charge is 2.31. The fourth-order valence-electron chi connectivity index (χ4n) is 3.56. The number of nitrogens with zero attached hydrogens (tertiary/aromatic N) is 2. The van der Waals surface area contributed by atoms with E-state index in [2.05, 4.69) is 21.2 Å². The molecule has 0 heterocycles. The SMILES string of the molecule is CC[C@@H](C(=O)NCC(C)C)N(CCc1ccccc1)C(=O)CN(c1cccc(Br)c1)S(C)(=O)=O. The summed E-state index contributed by atoms with van der Waals surface area (Å²) in [5, 5.41) is 2.92. The minimum absolute atomic E-state index is 0.231. The van der Waals surface area contributed by atoms with Crippen molar-refractivity contribution in [2.24, 2.45) is 5.92 Å². The normalized spacial score (nSPS) is 12.3. The van der Waals surface area contributed by atoms with Crippen LogP contribution in [0.3, 0.4) is 0 Å². The van der Waals surface area contributed by atoms with Gasteiger partial charge in [-0.05, 0) is 42.5 Å². The molecule has 0 fully saturated rings. The highest BCUT2D eigenvalue weighted by atomic mass is 79.9. The zero-order valence-electron chi connectivity index (χ0n) is 20.2. The molecule has 2 aromatic rings. The summed E-state index contributed by atoms with van der Waals surface area (Å²) in [4.78, 5) is 28.1. The average molecular weight is 553 g/mol. The lowest BCUT2D eigenvalue weighted by atomic mass is 10.1. The van der Waals surface area contributed by atoms with Gasteiger partial charge in [0.05, 0.1) is 11.9 Å². The Balaban J connectivity index is 2.34. The standard InChI is InChI=1S/C25H34BrN3O4S/c1-5-23(25(31)27-17-19(2)3)28(15-14-20-10-7-6-8-11-20)24(30)18-29(34(4,32)33)22-13-9-12-21(26)16-22/h6-13,16,19,23H,5,14-15,17-18H2,1-4H3,(H,27,31)/t23-/m0/s1. The number of rotatable bonds is 12. The molecule has 0 aliphatic rings. The van der Waals surface area contributed by atoms with Crippen LogP contribution >= 0.6 is 15.9 Å². The van der Waals surface area contributed by atoms with Crippen molar-refractivity contribution in [3.8, 4) is 0 Å². The van der Waals surface area contributed by atoms with Crippen molar-refractivity contribution < 1.29 is 18.0 Å². The minimum Gasteiger partial charge on any atom is -0.354 e. The molecular weight excluding hydrogens is 518 g/mol. The first-order chi connectivity index (χ1) is 16.0. The van der Waals surface area contributed by atoms with Gasteiger partial charge in [0.15, 0.2) is 0 Å². The molecule has 2 amide bonds. The predicted octanol–water partition coefficient (Wildman–Crippen LogP) is 3.84. The number of carbonyl (C=O) groups is 2. The third kappa shape index (κ3) is 8.43. The van der Waals surface area contributed by atoms with E-state index in [1.807, 2.05) is 51.1 Å². The van der Waals surface area contributed by atoms with E-state index in [0.29, 0.717) is 36.1 Å². The number of hydrogen-bond acceptors (Lipinski definition) is 4. The molecule has 0 aliphatic carbocycles. The van der Waals surface area contributed by atoms with Gasteiger partial charge >= 0.3 is 0 Å². The molecule has 0 saturated carbocycles. The molecule has 2 aromatic carbocycles. The predicted molar refractivity (Wildman–Crippen MR) is 140 cm³/mol. The molecule has 1 N–H and O–H groups in total. The van der Waals surface area contributed by atoms with E-state index in [0.717, 1.165) is 16.1 Å². The van der Waals surface area contributed by atoms with Crippen molar-refractivity contribution in [2.75, 3.05) is 30.2 Å². The number of sulfonamides is 1. The molecule has 0 aliphatic heterocycles. The van der Waals surface area contributed by atoms with Gasteiger partial charge in [-0.15, -0.1) is 0 Å². The van der Waals surface area contributed by atoms with Crippen LogP contribution in [0.25, 0.3) is 0 Å². The summed E-state index contributed by atoms with van der Waals surface area (Å²) >= 11 is 3.36. The van der Waals surface area contributed by atoms with Crippen LogP contribution in [0.1, 0.15) is 32.8 Å². The largest absolute Gasteiger partial charge is 0.354 e. The van der Waals surface area contributed by atoms with E-state index in [4.69, 9.17) is 0 Å². The Hall–Kier alpha value is -2.39. The first kappa shape index (κ1) is 27.9. The number of carbonyl (C=O) groups excluding carboxylic acids is 2. The number of nitrogens with one attached hydrogen (secondary N) is 1. The van der Waals surface area contributed by atoms with Gasteiger partial charge in [-0.2, -0.15) is 0 Å². The number of halogens is 1. The summed E-state index contributed by atoms with van der Waals surface area (Å²) in [6.07, 6.45) is 2.04. The van der Waals surface area contributed by atoms with Crippen molar-refractivity contribution >= 4 is 43.5 Å². The molecule has 1 atom stereocenters. The van der Waals surface area contributed by atoms with Crippen LogP contribution in [0.4, 0.5) is 5.69 Å². The summed E-state index contributed by atoms with van der Waals surface area (Å²) in [6, 6.07) is 15.8. The van der Waals surface area contributed by atoms with Crippen LogP contribution in [0, 0.1) is 5.92 Å². The maximum absolute atomic E-state index is 13.6. The Morgan fingerprint density at radius 2 is 1.74 bits per heavy atom. The number of benzene rings is 2. The van der Waals surface area contributed by atoms with Crippen LogP contribution in [0.15, 0.2) is 59.1 Å². The lowest BCUT2D eigenvalue weighted by Crippen LogP contribution is -2.53. The number of anilines is 1. The van der Waals surface area contributed by atoms with Gasteiger partial charge < -0.3 is 10.2 Å². The molecule has 34 heavy (non-hydrogen) atoms. The fraction of sp³-hybridized carbons (Fsp3) is 0.440. The maximum atomic E-state index is 13.6. The molecule has 9 heteroatoms. The van der Waals surface area contributed by atoms with Crippen LogP contribution in [-0.4, -0.2) is 57.1 Å². The Morgan fingerprint density at radius 1 is 1.06 bits per heavy atom. The van der Waals surface area contributed by atoms with Gasteiger partial charge in [0.25, 0.3) is 0 Å². The lowest BCUT2D eigenvalue weighted by Gasteiger charge is -2.33. The topological polar surface area (TPSA) is 86.8 Å². The monoisotopic (exact) mass is 551 g/mol. The molecule has 7 nitrogen and oxygen atoms in total. The van der Waals surface area contributed by atoms with Gasteiger partial charge in [-0.1, -0.05) is 73.1 Å². The van der Waals surface area contributed by atoms with Crippen LogP contribution in [-0.2, 0) is 26.0 Å². The van der Waals surface area contributed by atoms with Gasteiger partial charge in [0.1, 0.15) is 12.6 Å². The third-order valence-electron chi connectivity index (χ3n) is 5.33. The Labute approximate surface area is 211 Å². The molecule has 0 radical (unpaired) electrons. The molecule has 0 bridgehead atoms. The molecule has 0 aromatic heterocycles. The average Bonchev–Trinajstić information content (AvgIpc) is 2.78. The highest BCUT2D eigenvalue weighted by molar-refractivity contribution is 9.10. The second-order valence-electron chi connectivity index (χ2n) is 8.64. The van der Waals surface area contributed by atoms with Crippen LogP contribution in [0.2, 0.25) is 0 Å². The van der Waals surface area contributed by atoms with Crippen LogP contribution in [0.5, 0.6) is 0 Å². The molecule has 0 saturated heterocycles. The zero-order chi connectivity index (χ0) is 25.3. The van der Waals surface area contributed by atoms with Crippen molar-refractivity contribution in [2.45, 2.75) is 39.7 Å². The maximum Gasteiger partial charge on any atom is 0.244 e. The van der Waals surface area contributed by atoms with E-state index in [9.17, 15) is 18.0 Å². The summed E-state index contributed by atoms with van der Waals surface area (Å²) in [5.74, 6) is -0.383. The second-order valence-corrected chi connectivity index (χ2v) is 11.5. The molecule has 186 valence electrons. The fourth-order valence-corrected chi connectivity index (χ4v) is 4.79. The Kier molecular flexibility index (Phi) is 10.6. The van der Waals surface area contributed by atoms with Crippen molar-refractivity contribution in [3.63, 3.8) is 0 Å². The number of hydrogen-bond donors (Lipinski definition) is 1. The third-order valence-corrected chi connectivity index (χ3v) is 6.96. The molecule has 0 spiro atoms. The molecule has 2 rings (SSSR count). The number of amides is 2. The van der Waals surface area contributed by atoms with Crippen molar-refractivity contribution in [3.05, 3.63) is 64.6 Å². The van der Waals surface area contributed by atoms with Gasteiger partial charge in [0.2, 0.25) is 21.8 Å². The van der Waals surface area contributed by atoms with E-state index in [-0.39, 0.29) is 11.8 Å². The first-order valence-corrected chi connectivity index (χ1v) is 14.0. The van der Waals surface area contributed by atoms with E-state index in [1.165, 1.54) is 4.90 Å².